The Hall–Kier alpha value is -1.96. The minimum absolute atomic E-state index is 0.0312. The van der Waals surface area contributed by atoms with E-state index < -0.39 is 0 Å². The van der Waals surface area contributed by atoms with Gasteiger partial charge >= 0.3 is 0 Å². The van der Waals surface area contributed by atoms with E-state index >= 15 is 0 Å². The second kappa shape index (κ2) is 6.40. The van der Waals surface area contributed by atoms with Crippen LogP contribution in [0.4, 0.5) is 0 Å². The maximum atomic E-state index is 10.8. The monoisotopic (exact) mass is 357 g/mol. The molecule has 0 bridgehead atoms. The Bertz CT molecular complexity index is 894. The molecule has 0 aliphatic carbocycles. The van der Waals surface area contributed by atoms with E-state index in [0.29, 0.717) is 5.82 Å². The number of likely N-dealkylation sites (N-methyl/N-ethyl adjacent to an activating group) is 1. The summed E-state index contributed by atoms with van der Waals surface area (Å²) >= 11 is 1.53. The maximum Gasteiger partial charge on any atom is 0.230 e. The molecule has 1 fully saturated rings. The predicted molar refractivity (Wildman–Crippen MR) is 99.4 cm³/mol. The summed E-state index contributed by atoms with van der Waals surface area (Å²) in [7, 11) is 2.16. The van der Waals surface area contributed by atoms with Gasteiger partial charge in [0.05, 0.1) is 10.9 Å². The third-order valence-electron chi connectivity index (χ3n) is 4.94. The van der Waals surface area contributed by atoms with Crippen molar-refractivity contribution in [1.29, 1.82) is 0 Å². The van der Waals surface area contributed by atoms with Crippen LogP contribution in [0.5, 0.6) is 5.88 Å². The van der Waals surface area contributed by atoms with Crippen LogP contribution in [0.3, 0.4) is 0 Å². The summed E-state index contributed by atoms with van der Waals surface area (Å²) in [6.45, 7) is 7.99. The van der Waals surface area contributed by atoms with Gasteiger partial charge < -0.3 is 10.0 Å². The van der Waals surface area contributed by atoms with Crippen LogP contribution in [-0.2, 0) is 0 Å². The number of thiazole rings is 1. The maximum absolute atomic E-state index is 10.8. The molecule has 132 valence electrons. The van der Waals surface area contributed by atoms with Crippen molar-refractivity contribution in [1.82, 2.24) is 24.4 Å². The number of benzene rings is 1. The Labute approximate surface area is 151 Å². The largest absolute Gasteiger partial charge is 0.492 e. The molecule has 1 aromatic carbocycles. The van der Waals surface area contributed by atoms with Crippen LogP contribution in [-0.4, -0.2) is 62.7 Å². The molecule has 0 amide bonds. The van der Waals surface area contributed by atoms with Gasteiger partial charge in [-0.15, -0.1) is 5.10 Å². The first-order valence-electron chi connectivity index (χ1n) is 8.57. The van der Waals surface area contributed by atoms with Crippen LogP contribution < -0.4 is 0 Å². The van der Waals surface area contributed by atoms with Crippen molar-refractivity contribution in [3.8, 4) is 5.88 Å². The Kier molecular flexibility index (Phi) is 4.23. The number of nitrogens with zero attached hydrogens (tertiary/aromatic N) is 5. The molecule has 3 heterocycles. The molecule has 25 heavy (non-hydrogen) atoms. The molecule has 2 aromatic heterocycles. The lowest BCUT2D eigenvalue weighted by Gasteiger charge is -2.38. The van der Waals surface area contributed by atoms with Crippen LogP contribution in [0.15, 0.2) is 24.3 Å². The lowest BCUT2D eigenvalue weighted by atomic mass is 9.98. The van der Waals surface area contributed by atoms with Gasteiger partial charge in [0.15, 0.2) is 0 Å². The van der Waals surface area contributed by atoms with Crippen molar-refractivity contribution < 1.29 is 5.11 Å². The highest BCUT2D eigenvalue weighted by molar-refractivity contribution is 7.17. The molecule has 1 saturated heterocycles. The zero-order valence-corrected chi connectivity index (χ0v) is 15.6. The van der Waals surface area contributed by atoms with Crippen molar-refractivity contribution >= 4 is 16.3 Å². The lowest BCUT2D eigenvalue weighted by Crippen LogP contribution is -2.46. The molecule has 1 aliphatic heterocycles. The first-order chi connectivity index (χ1) is 12.0. The molecule has 1 atom stereocenters. The molecule has 0 radical (unpaired) electrons. The average molecular weight is 357 g/mol. The number of aromatic hydroxyl groups is 1. The highest BCUT2D eigenvalue weighted by atomic mass is 32.1. The van der Waals surface area contributed by atoms with E-state index in [4.69, 9.17) is 0 Å². The van der Waals surface area contributed by atoms with Crippen molar-refractivity contribution in [2.45, 2.75) is 19.9 Å². The number of hydrogen-bond acceptors (Lipinski definition) is 6. The Morgan fingerprint density at radius 1 is 1.12 bits per heavy atom. The SMILES string of the molecule is Cc1nc2sc([C@@H](c3ccccc3C)N3CCN(C)CC3)c(O)n2n1. The summed E-state index contributed by atoms with van der Waals surface area (Å²) in [4.78, 5) is 10.9. The van der Waals surface area contributed by atoms with E-state index in [1.807, 2.05) is 6.92 Å². The summed E-state index contributed by atoms with van der Waals surface area (Å²) in [5, 5.41) is 15.2. The van der Waals surface area contributed by atoms with E-state index in [1.165, 1.54) is 22.5 Å². The summed E-state index contributed by atoms with van der Waals surface area (Å²) in [6.07, 6.45) is 0. The molecule has 7 heteroatoms. The first kappa shape index (κ1) is 16.5. The summed E-state index contributed by atoms with van der Waals surface area (Å²) in [6, 6.07) is 8.47. The van der Waals surface area contributed by atoms with Gasteiger partial charge in [-0.05, 0) is 32.0 Å². The minimum Gasteiger partial charge on any atom is -0.492 e. The van der Waals surface area contributed by atoms with E-state index in [2.05, 4.69) is 58.1 Å². The van der Waals surface area contributed by atoms with Crippen LogP contribution in [0, 0.1) is 13.8 Å². The smallest absolute Gasteiger partial charge is 0.230 e. The molecule has 1 aliphatic rings. The average Bonchev–Trinajstić information content (AvgIpc) is 3.09. The fraction of sp³-hybridized carbons (Fsp3) is 0.444. The second-order valence-electron chi connectivity index (χ2n) is 6.74. The van der Waals surface area contributed by atoms with Gasteiger partial charge in [-0.25, -0.2) is 4.98 Å². The van der Waals surface area contributed by atoms with E-state index in [1.54, 1.807) is 4.52 Å². The Morgan fingerprint density at radius 2 is 1.84 bits per heavy atom. The predicted octanol–water partition coefficient (Wildman–Crippen LogP) is 2.45. The standard InChI is InChI=1S/C18H23N5OS/c1-12-6-4-5-7-14(12)15(22-10-8-21(3)9-11-22)16-17(24)23-18(25-16)19-13(2)20-23/h4-7,15,24H,8-11H2,1-3H3/t15-/m1/s1. The zero-order chi connectivity index (χ0) is 17.6. The number of piperazine rings is 1. The molecular formula is C18H23N5OS. The van der Waals surface area contributed by atoms with E-state index in [-0.39, 0.29) is 11.9 Å². The van der Waals surface area contributed by atoms with Crippen molar-refractivity contribution in [3.05, 3.63) is 46.1 Å². The molecule has 0 spiro atoms. The number of aryl methyl sites for hydroxylation is 2. The van der Waals surface area contributed by atoms with Gasteiger partial charge in [-0.1, -0.05) is 35.6 Å². The van der Waals surface area contributed by atoms with Gasteiger partial charge in [0.25, 0.3) is 0 Å². The Balaban J connectivity index is 1.83. The summed E-state index contributed by atoms with van der Waals surface area (Å²) < 4.78 is 1.57. The third-order valence-corrected chi connectivity index (χ3v) is 6.01. The number of hydrogen-bond donors (Lipinski definition) is 1. The lowest BCUT2D eigenvalue weighted by molar-refractivity contribution is 0.127. The normalized spacial score (nSPS) is 18.0. The fourth-order valence-electron chi connectivity index (χ4n) is 3.50. The van der Waals surface area contributed by atoms with Gasteiger partial charge in [0.2, 0.25) is 10.8 Å². The molecule has 6 nitrogen and oxygen atoms in total. The minimum atomic E-state index is 0.0312. The molecular weight excluding hydrogens is 334 g/mol. The molecule has 4 rings (SSSR count). The van der Waals surface area contributed by atoms with Crippen LogP contribution in [0.1, 0.15) is 27.9 Å². The number of rotatable bonds is 3. The molecule has 1 N–H and O–H groups in total. The van der Waals surface area contributed by atoms with Crippen LogP contribution >= 0.6 is 11.3 Å². The van der Waals surface area contributed by atoms with Crippen molar-refractivity contribution in [2.75, 3.05) is 33.2 Å². The number of fused-ring (bicyclic) bond motifs is 1. The summed E-state index contributed by atoms with van der Waals surface area (Å²) in [5.41, 5.74) is 2.48. The van der Waals surface area contributed by atoms with Crippen LogP contribution in [0.25, 0.3) is 4.96 Å². The highest BCUT2D eigenvalue weighted by Gasteiger charge is 2.31. The summed E-state index contributed by atoms with van der Waals surface area (Å²) in [5.74, 6) is 0.896. The second-order valence-corrected chi connectivity index (χ2v) is 7.75. The van der Waals surface area contributed by atoms with Gasteiger partial charge in [-0.2, -0.15) is 4.52 Å². The van der Waals surface area contributed by atoms with Crippen LogP contribution in [0.2, 0.25) is 0 Å². The quantitative estimate of drug-likeness (QED) is 0.780. The van der Waals surface area contributed by atoms with E-state index in [0.717, 1.165) is 36.0 Å². The van der Waals surface area contributed by atoms with Gasteiger partial charge in [-0.3, -0.25) is 4.90 Å². The van der Waals surface area contributed by atoms with E-state index in [9.17, 15) is 5.11 Å². The molecule has 0 saturated carbocycles. The zero-order valence-electron chi connectivity index (χ0n) is 14.8. The van der Waals surface area contributed by atoms with Crippen molar-refractivity contribution in [2.24, 2.45) is 0 Å². The van der Waals surface area contributed by atoms with Gasteiger partial charge in [0, 0.05) is 26.2 Å². The van der Waals surface area contributed by atoms with Crippen molar-refractivity contribution in [3.63, 3.8) is 0 Å². The number of aromatic nitrogens is 3. The Morgan fingerprint density at radius 3 is 2.52 bits per heavy atom. The third kappa shape index (κ3) is 2.92. The van der Waals surface area contributed by atoms with Gasteiger partial charge in [0.1, 0.15) is 5.82 Å². The molecule has 3 aromatic rings. The first-order valence-corrected chi connectivity index (χ1v) is 9.39. The molecule has 0 unspecified atom stereocenters. The highest BCUT2D eigenvalue weighted by Crippen LogP contribution is 2.41. The fourth-order valence-corrected chi connectivity index (χ4v) is 4.66. The topological polar surface area (TPSA) is 56.9 Å².